The number of aldehydes is 1. The Bertz CT molecular complexity index is 1160. The molecule has 0 saturated carbocycles. The molecule has 2 heterocycles. The molecule has 9 nitrogen and oxygen atoms in total. The van der Waals surface area contributed by atoms with Gasteiger partial charge in [-0.15, -0.1) is 10.2 Å². The van der Waals surface area contributed by atoms with Crippen LogP contribution in [0.4, 0.5) is 16.5 Å². The number of hydrogen-bond donors (Lipinski definition) is 1. The zero-order valence-electron chi connectivity index (χ0n) is 18.9. The van der Waals surface area contributed by atoms with Crippen molar-refractivity contribution in [2.45, 2.75) is 45.4 Å². The molecule has 0 unspecified atom stereocenters. The molecule has 0 spiro atoms. The average Bonchev–Trinajstić information content (AvgIpc) is 3.08. The molecule has 0 saturated heterocycles. The summed E-state index contributed by atoms with van der Waals surface area (Å²) in [6.07, 6.45) is 1.72. The number of ether oxygens (including phenoxy) is 1. The molecule has 0 bridgehead atoms. The summed E-state index contributed by atoms with van der Waals surface area (Å²) in [5.41, 5.74) is 1.08. The first kappa shape index (κ1) is 25.5. The van der Waals surface area contributed by atoms with Crippen molar-refractivity contribution in [3.8, 4) is 5.75 Å². The minimum absolute atomic E-state index is 0.00493. The number of benzene rings is 1. The Hall–Kier alpha value is -2.08. The molecule has 180 valence electrons. The van der Waals surface area contributed by atoms with Crippen molar-refractivity contribution in [3.63, 3.8) is 0 Å². The molecular formula is C21H27ClN4O5S2. The third-order valence-corrected chi connectivity index (χ3v) is 7.07. The lowest BCUT2D eigenvalue weighted by Gasteiger charge is -2.35. The van der Waals surface area contributed by atoms with Gasteiger partial charge in [-0.25, -0.2) is 4.98 Å². The fourth-order valence-electron chi connectivity index (χ4n) is 3.67. The fourth-order valence-corrected chi connectivity index (χ4v) is 5.43. The van der Waals surface area contributed by atoms with Crippen LogP contribution in [-0.2, 0) is 16.5 Å². The molecule has 3 rings (SSSR count). The Labute approximate surface area is 202 Å². The first-order valence-electron chi connectivity index (χ1n) is 10.6. The van der Waals surface area contributed by atoms with E-state index in [0.29, 0.717) is 48.8 Å². The lowest BCUT2D eigenvalue weighted by atomic mass is 9.98. The van der Waals surface area contributed by atoms with Gasteiger partial charge in [0.15, 0.2) is 11.4 Å². The molecular weight excluding hydrogens is 488 g/mol. The van der Waals surface area contributed by atoms with E-state index >= 15 is 0 Å². The number of thiazole rings is 1. The monoisotopic (exact) mass is 514 g/mol. The molecule has 1 aromatic heterocycles. The molecule has 0 amide bonds. The van der Waals surface area contributed by atoms with Crippen LogP contribution in [0, 0.1) is 11.8 Å². The van der Waals surface area contributed by atoms with E-state index < -0.39 is 10.1 Å². The Morgan fingerprint density at radius 2 is 2.03 bits per heavy atom. The van der Waals surface area contributed by atoms with E-state index in [1.54, 1.807) is 0 Å². The van der Waals surface area contributed by atoms with E-state index in [-0.39, 0.29) is 31.7 Å². The van der Waals surface area contributed by atoms with Crippen molar-refractivity contribution in [3.05, 3.63) is 21.7 Å². The second-order valence-electron chi connectivity index (χ2n) is 8.64. The second-order valence-corrected chi connectivity index (χ2v) is 11.4. The number of rotatable bonds is 9. The quantitative estimate of drug-likeness (QED) is 0.258. The zero-order valence-corrected chi connectivity index (χ0v) is 21.3. The van der Waals surface area contributed by atoms with Gasteiger partial charge in [0.1, 0.15) is 21.2 Å². The minimum atomic E-state index is -4.62. The van der Waals surface area contributed by atoms with Crippen LogP contribution in [0.1, 0.15) is 49.4 Å². The number of anilines is 1. The molecule has 0 fully saturated rings. The Morgan fingerprint density at radius 1 is 1.30 bits per heavy atom. The number of halogens is 1. The summed E-state index contributed by atoms with van der Waals surface area (Å²) in [6.45, 7) is 10.1. The summed E-state index contributed by atoms with van der Waals surface area (Å²) >= 11 is 6.81. The number of aromatic nitrogens is 1. The van der Waals surface area contributed by atoms with Crippen molar-refractivity contribution in [2.75, 3.05) is 24.6 Å². The predicted molar refractivity (Wildman–Crippen MR) is 129 cm³/mol. The molecule has 1 N–H and O–H groups in total. The van der Waals surface area contributed by atoms with Crippen LogP contribution in [0.5, 0.6) is 5.75 Å². The number of azo groups is 1. The standard InChI is InChI=1S/C21H27ClN4O5S2/c1-12(2)9-26-7-5-6-14-18(26)16(31-11-13(3)4)8-15(19(14)33(28,29)30)24-25-21-23-20(22)17(10-27)32-21/h8,10,12-13H,5-7,9,11H2,1-4H3,(H,28,29,30). The van der Waals surface area contributed by atoms with Gasteiger partial charge < -0.3 is 9.64 Å². The smallest absolute Gasteiger partial charge is 0.297 e. The van der Waals surface area contributed by atoms with Crippen LogP contribution in [0.3, 0.4) is 0 Å². The summed E-state index contributed by atoms with van der Waals surface area (Å²) in [7, 11) is -4.62. The molecule has 12 heteroatoms. The van der Waals surface area contributed by atoms with Crippen LogP contribution in [-0.4, -0.2) is 43.9 Å². The molecule has 33 heavy (non-hydrogen) atoms. The summed E-state index contributed by atoms with van der Waals surface area (Å²) in [6, 6.07) is 1.49. The molecule has 2 aromatic rings. The van der Waals surface area contributed by atoms with E-state index in [2.05, 4.69) is 34.0 Å². The van der Waals surface area contributed by atoms with Gasteiger partial charge in [0.25, 0.3) is 10.1 Å². The summed E-state index contributed by atoms with van der Waals surface area (Å²) in [4.78, 5) is 17.0. The van der Waals surface area contributed by atoms with Crippen LogP contribution >= 0.6 is 22.9 Å². The van der Waals surface area contributed by atoms with Crippen LogP contribution in [0.15, 0.2) is 21.2 Å². The maximum atomic E-state index is 12.5. The van der Waals surface area contributed by atoms with Crippen LogP contribution < -0.4 is 9.64 Å². The van der Waals surface area contributed by atoms with Crippen molar-refractivity contribution in [2.24, 2.45) is 22.1 Å². The largest absolute Gasteiger partial charge is 0.491 e. The van der Waals surface area contributed by atoms with Crippen molar-refractivity contribution in [1.82, 2.24) is 4.98 Å². The summed E-state index contributed by atoms with van der Waals surface area (Å²) < 4.78 is 41.1. The number of carbonyl (C=O) groups is 1. The molecule has 0 aliphatic carbocycles. The van der Waals surface area contributed by atoms with Crippen LogP contribution in [0.2, 0.25) is 5.15 Å². The minimum Gasteiger partial charge on any atom is -0.491 e. The van der Waals surface area contributed by atoms with Gasteiger partial charge >= 0.3 is 0 Å². The van der Waals surface area contributed by atoms with Crippen LogP contribution in [0.25, 0.3) is 0 Å². The number of hydrogen-bond acceptors (Lipinski definition) is 9. The van der Waals surface area contributed by atoms with Gasteiger partial charge in [-0.2, -0.15) is 8.42 Å². The van der Waals surface area contributed by atoms with Crippen molar-refractivity contribution < 1.29 is 22.5 Å². The van der Waals surface area contributed by atoms with Gasteiger partial charge in [-0.1, -0.05) is 50.6 Å². The van der Waals surface area contributed by atoms with E-state index in [1.807, 2.05) is 13.8 Å². The number of fused-ring (bicyclic) bond motifs is 1. The highest BCUT2D eigenvalue weighted by molar-refractivity contribution is 7.86. The third kappa shape index (κ3) is 6.08. The SMILES string of the molecule is CC(C)COc1cc(N=Nc2nc(Cl)c(C=O)s2)c(S(=O)(=O)O)c2c1N(CC(C)C)CCC2. The lowest BCUT2D eigenvalue weighted by molar-refractivity contribution is 0.112. The normalized spacial score (nSPS) is 14.4. The van der Waals surface area contributed by atoms with E-state index in [0.717, 1.165) is 24.3 Å². The third-order valence-electron chi connectivity index (χ3n) is 4.83. The number of carbonyl (C=O) groups excluding carboxylic acids is 1. The van der Waals surface area contributed by atoms with E-state index in [1.165, 1.54) is 6.07 Å². The molecule has 0 radical (unpaired) electrons. The summed E-state index contributed by atoms with van der Waals surface area (Å²) in [5.74, 6) is 1.07. The van der Waals surface area contributed by atoms with Gasteiger partial charge in [-0.3, -0.25) is 9.35 Å². The fraction of sp³-hybridized carbons (Fsp3) is 0.524. The van der Waals surface area contributed by atoms with Gasteiger partial charge in [0, 0.05) is 24.7 Å². The van der Waals surface area contributed by atoms with Crippen molar-refractivity contribution >= 4 is 55.8 Å². The Kier molecular flexibility index (Phi) is 8.09. The molecule has 1 aromatic carbocycles. The molecule has 1 aliphatic rings. The maximum Gasteiger partial charge on any atom is 0.297 e. The van der Waals surface area contributed by atoms with Crippen molar-refractivity contribution in [1.29, 1.82) is 0 Å². The van der Waals surface area contributed by atoms with Gasteiger partial charge in [-0.05, 0) is 24.7 Å². The summed E-state index contributed by atoms with van der Waals surface area (Å²) in [5, 5.41) is 8.14. The molecule has 0 atom stereocenters. The first-order valence-corrected chi connectivity index (χ1v) is 13.2. The van der Waals surface area contributed by atoms with Gasteiger partial charge in [0.2, 0.25) is 5.13 Å². The maximum absolute atomic E-state index is 12.5. The first-order chi connectivity index (χ1) is 15.5. The van der Waals surface area contributed by atoms with Gasteiger partial charge in [0.05, 0.1) is 12.3 Å². The molecule has 1 aliphatic heterocycles. The average molecular weight is 515 g/mol. The Balaban J connectivity index is 2.20. The highest BCUT2D eigenvalue weighted by Gasteiger charge is 2.32. The topological polar surface area (TPSA) is 122 Å². The Morgan fingerprint density at radius 3 is 2.61 bits per heavy atom. The second kappa shape index (κ2) is 10.5. The highest BCUT2D eigenvalue weighted by Crippen LogP contribution is 2.46. The highest BCUT2D eigenvalue weighted by atomic mass is 35.5. The van der Waals surface area contributed by atoms with E-state index in [4.69, 9.17) is 16.3 Å². The number of nitrogens with zero attached hydrogens (tertiary/aromatic N) is 4. The lowest BCUT2D eigenvalue weighted by Crippen LogP contribution is -2.34. The predicted octanol–water partition coefficient (Wildman–Crippen LogP) is 5.71. The van der Waals surface area contributed by atoms with E-state index in [9.17, 15) is 17.8 Å². The zero-order chi connectivity index (χ0) is 24.3.